The third kappa shape index (κ3) is 2.32. The fourth-order valence-corrected chi connectivity index (χ4v) is 2.64. The third-order valence-electron chi connectivity index (χ3n) is 2.33. The van der Waals surface area contributed by atoms with Gasteiger partial charge in [0.25, 0.3) is 0 Å². The van der Waals surface area contributed by atoms with Crippen LogP contribution in [-0.2, 0) is 9.53 Å². The molecule has 1 aliphatic heterocycles. The van der Waals surface area contributed by atoms with E-state index in [0.717, 1.165) is 17.1 Å². The van der Waals surface area contributed by atoms with Crippen molar-refractivity contribution in [2.75, 3.05) is 19.0 Å². The van der Waals surface area contributed by atoms with Gasteiger partial charge in [-0.1, -0.05) is 18.2 Å². The molecule has 16 heavy (non-hydrogen) atoms. The summed E-state index contributed by atoms with van der Waals surface area (Å²) in [6.45, 7) is 2.87. The third-order valence-corrected chi connectivity index (χ3v) is 3.51. The van der Waals surface area contributed by atoms with E-state index in [0.29, 0.717) is 13.2 Å². The molecular weight excluding hydrogens is 224 g/mol. The second-order valence-electron chi connectivity index (χ2n) is 3.39. The largest absolute Gasteiger partial charge is 0.492 e. The summed E-state index contributed by atoms with van der Waals surface area (Å²) in [4.78, 5) is 11.8. The summed E-state index contributed by atoms with van der Waals surface area (Å²) in [6.07, 6.45) is 0. The molecule has 1 heterocycles. The smallest absolute Gasteiger partial charge is 0.323 e. The van der Waals surface area contributed by atoms with Crippen LogP contribution < -0.4 is 4.74 Å². The van der Waals surface area contributed by atoms with Crippen LogP contribution in [0, 0.1) is 0 Å². The standard InChI is InChI=1S/C12H14O3S/c1-2-14-12(13)11-9-5-3-4-6-10(9)15-7-8-16-11/h3-6,11H,2,7-8H2,1H3. The van der Waals surface area contributed by atoms with Crippen molar-refractivity contribution in [1.82, 2.24) is 0 Å². The molecule has 2 rings (SSSR count). The monoisotopic (exact) mass is 238 g/mol. The number of hydrogen-bond acceptors (Lipinski definition) is 4. The Balaban J connectivity index is 2.28. The number of carbonyl (C=O) groups is 1. The van der Waals surface area contributed by atoms with Gasteiger partial charge < -0.3 is 9.47 Å². The first-order chi connectivity index (χ1) is 7.83. The molecule has 0 bridgehead atoms. The van der Waals surface area contributed by atoms with Gasteiger partial charge in [0, 0.05) is 11.3 Å². The molecule has 1 unspecified atom stereocenters. The molecule has 0 amide bonds. The van der Waals surface area contributed by atoms with Gasteiger partial charge in [0.05, 0.1) is 13.2 Å². The van der Waals surface area contributed by atoms with Crippen LogP contribution in [0.15, 0.2) is 24.3 Å². The SMILES string of the molecule is CCOC(=O)C1SCCOc2ccccc21. The summed E-state index contributed by atoms with van der Waals surface area (Å²) >= 11 is 1.58. The highest BCUT2D eigenvalue weighted by atomic mass is 32.2. The molecule has 4 heteroatoms. The summed E-state index contributed by atoms with van der Waals surface area (Å²) in [5, 5.41) is -0.251. The van der Waals surface area contributed by atoms with Crippen LogP contribution >= 0.6 is 11.8 Å². The van der Waals surface area contributed by atoms with Gasteiger partial charge in [-0.2, -0.15) is 0 Å². The Labute approximate surface area is 99.1 Å². The zero-order chi connectivity index (χ0) is 11.4. The van der Waals surface area contributed by atoms with Gasteiger partial charge in [-0.3, -0.25) is 4.79 Å². The van der Waals surface area contributed by atoms with Crippen LogP contribution in [0.4, 0.5) is 0 Å². The summed E-state index contributed by atoms with van der Waals surface area (Å²) in [6, 6.07) is 7.65. The molecule has 0 aliphatic carbocycles. The van der Waals surface area contributed by atoms with E-state index in [4.69, 9.17) is 9.47 Å². The van der Waals surface area contributed by atoms with Gasteiger partial charge in [0.15, 0.2) is 0 Å². The molecular formula is C12H14O3S. The Morgan fingerprint density at radius 1 is 1.56 bits per heavy atom. The second-order valence-corrected chi connectivity index (χ2v) is 4.60. The molecule has 0 saturated carbocycles. The molecule has 1 aromatic carbocycles. The van der Waals surface area contributed by atoms with Crippen LogP contribution in [0.5, 0.6) is 5.75 Å². The molecule has 1 atom stereocenters. The van der Waals surface area contributed by atoms with Crippen LogP contribution in [0.25, 0.3) is 0 Å². The van der Waals surface area contributed by atoms with Crippen molar-refractivity contribution in [3.05, 3.63) is 29.8 Å². The Bertz CT molecular complexity index is 378. The van der Waals surface area contributed by atoms with E-state index >= 15 is 0 Å². The summed E-state index contributed by atoms with van der Waals surface area (Å²) in [5.74, 6) is 1.43. The minimum Gasteiger partial charge on any atom is -0.492 e. The predicted molar refractivity (Wildman–Crippen MR) is 63.8 cm³/mol. The number of para-hydroxylation sites is 1. The van der Waals surface area contributed by atoms with Gasteiger partial charge in [-0.25, -0.2) is 0 Å². The van der Waals surface area contributed by atoms with E-state index in [1.54, 1.807) is 11.8 Å². The fraction of sp³-hybridized carbons (Fsp3) is 0.417. The van der Waals surface area contributed by atoms with Gasteiger partial charge in [0.2, 0.25) is 0 Å². The first-order valence-corrected chi connectivity index (χ1v) is 6.37. The molecule has 1 aromatic rings. The van der Waals surface area contributed by atoms with E-state index in [9.17, 15) is 4.79 Å². The number of carbonyl (C=O) groups excluding carboxylic acids is 1. The van der Waals surface area contributed by atoms with E-state index in [-0.39, 0.29) is 11.2 Å². The van der Waals surface area contributed by atoms with E-state index < -0.39 is 0 Å². The molecule has 0 radical (unpaired) electrons. The van der Waals surface area contributed by atoms with E-state index in [1.807, 2.05) is 31.2 Å². The highest BCUT2D eigenvalue weighted by molar-refractivity contribution is 8.00. The van der Waals surface area contributed by atoms with Crippen molar-refractivity contribution >= 4 is 17.7 Å². The predicted octanol–water partition coefficient (Wildman–Crippen LogP) is 2.42. The summed E-state index contributed by atoms with van der Waals surface area (Å²) in [5.41, 5.74) is 0.920. The number of ether oxygens (including phenoxy) is 2. The van der Waals surface area contributed by atoms with Crippen molar-refractivity contribution < 1.29 is 14.3 Å². The van der Waals surface area contributed by atoms with Crippen LogP contribution in [0.1, 0.15) is 17.7 Å². The molecule has 0 spiro atoms. The summed E-state index contributed by atoms with van der Waals surface area (Å²) in [7, 11) is 0. The Morgan fingerprint density at radius 3 is 3.19 bits per heavy atom. The van der Waals surface area contributed by atoms with Crippen LogP contribution in [0.3, 0.4) is 0 Å². The summed E-state index contributed by atoms with van der Waals surface area (Å²) < 4.78 is 10.7. The maximum absolute atomic E-state index is 11.8. The topological polar surface area (TPSA) is 35.5 Å². The van der Waals surface area contributed by atoms with Crippen molar-refractivity contribution in [2.45, 2.75) is 12.2 Å². The lowest BCUT2D eigenvalue weighted by Crippen LogP contribution is -2.13. The van der Waals surface area contributed by atoms with Crippen LogP contribution in [-0.4, -0.2) is 24.9 Å². The first kappa shape index (κ1) is 11.3. The molecule has 1 aliphatic rings. The second kappa shape index (κ2) is 5.25. The molecule has 86 valence electrons. The lowest BCUT2D eigenvalue weighted by atomic mass is 10.1. The zero-order valence-electron chi connectivity index (χ0n) is 9.14. The quantitative estimate of drug-likeness (QED) is 0.741. The maximum atomic E-state index is 11.8. The van der Waals surface area contributed by atoms with Gasteiger partial charge in [-0.05, 0) is 13.0 Å². The Kier molecular flexibility index (Phi) is 3.72. The number of rotatable bonds is 2. The lowest BCUT2D eigenvalue weighted by molar-refractivity contribution is -0.142. The van der Waals surface area contributed by atoms with Gasteiger partial charge in [-0.15, -0.1) is 11.8 Å². The Morgan fingerprint density at radius 2 is 2.38 bits per heavy atom. The minimum atomic E-state index is -0.251. The number of hydrogen-bond donors (Lipinski definition) is 0. The molecule has 0 saturated heterocycles. The average molecular weight is 238 g/mol. The zero-order valence-corrected chi connectivity index (χ0v) is 9.96. The lowest BCUT2D eigenvalue weighted by Gasteiger charge is -2.14. The number of fused-ring (bicyclic) bond motifs is 1. The molecule has 0 fully saturated rings. The van der Waals surface area contributed by atoms with Gasteiger partial charge >= 0.3 is 5.97 Å². The van der Waals surface area contributed by atoms with Crippen LogP contribution in [0.2, 0.25) is 0 Å². The molecule has 0 aromatic heterocycles. The van der Waals surface area contributed by atoms with E-state index in [1.165, 1.54) is 0 Å². The highest BCUT2D eigenvalue weighted by Crippen LogP contribution is 2.38. The molecule has 3 nitrogen and oxygen atoms in total. The number of thioether (sulfide) groups is 1. The number of benzene rings is 1. The van der Waals surface area contributed by atoms with E-state index in [2.05, 4.69) is 0 Å². The van der Waals surface area contributed by atoms with Crippen molar-refractivity contribution in [2.24, 2.45) is 0 Å². The highest BCUT2D eigenvalue weighted by Gasteiger charge is 2.27. The molecule has 0 N–H and O–H groups in total. The average Bonchev–Trinajstić information content (AvgIpc) is 2.51. The maximum Gasteiger partial charge on any atom is 0.323 e. The number of esters is 1. The van der Waals surface area contributed by atoms with Crippen molar-refractivity contribution in [1.29, 1.82) is 0 Å². The van der Waals surface area contributed by atoms with Crippen molar-refractivity contribution in [3.63, 3.8) is 0 Å². The normalized spacial score (nSPS) is 19.2. The Hall–Kier alpha value is -1.16. The minimum absolute atomic E-state index is 0.176. The fourth-order valence-electron chi connectivity index (χ4n) is 1.65. The first-order valence-electron chi connectivity index (χ1n) is 5.33. The van der Waals surface area contributed by atoms with Gasteiger partial charge in [0.1, 0.15) is 11.0 Å². The van der Waals surface area contributed by atoms with Crippen molar-refractivity contribution in [3.8, 4) is 5.75 Å².